The van der Waals surface area contributed by atoms with E-state index in [-0.39, 0.29) is 6.10 Å². The van der Waals surface area contributed by atoms with E-state index >= 15 is 0 Å². The molecule has 1 N–H and O–H groups in total. The van der Waals surface area contributed by atoms with Gasteiger partial charge in [0.1, 0.15) is 0 Å². The second-order valence-corrected chi connectivity index (χ2v) is 4.67. The largest absolute Gasteiger partial charge is 0.393 e. The molecule has 12 heavy (non-hydrogen) atoms. The van der Waals surface area contributed by atoms with Gasteiger partial charge in [-0.15, -0.1) is 0 Å². The van der Waals surface area contributed by atoms with E-state index in [1.165, 1.54) is 25.7 Å². The molecule has 0 rings (SSSR count). The van der Waals surface area contributed by atoms with Crippen LogP contribution >= 0.6 is 0 Å². The summed E-state index contributed by atoms with van der Waals surface area (Å²) in [5.41, 5.74) is 0.323. The number of aliphatic hydroxyl groups excluding tert-OH is 1. The molecule has 0 saturated carbocycles. The molecule has 1 heteroatoms. The lowest BCUT2D eigenvalue weighted by molar-refractivity contribution is 0.123. The zero-order valence-electron chi connectivity index (χ0n) is 9.06. The SMILES string of the molecule is CCCCCC(C)(C)CC(C)O. The van der Waals surface area contributed by atoms with Crippen LogP contribution in [0.1, 0.15) is 59.8 Å². The van der Waals surface area contributed by atoms with Crippen LogP contribution in [0.5, 0.6) is 0 Å². The van der Waals surface area contributed by atoms with Gasteiger partial charge in [0.05, 0.1) is 6.10 Å². The van der Waals surface area contributed by atoms with Crippen LogP contribution in [0.4, 0.5) is 0 Å². The molecule has 0 aromatic rings. The molecule has 1 unspecified atom stereocenters. The predicted octanol–water partition coefficient (Wildman–Crippen LogP) is 3.36. The Labute approximate surface area is 77.2 Å². The molecule has 0 spiro atoms. The molecule has 0 aliphatic carbocycles. The van der Waals surface area contributed by atoms with Crippen LogP contribution in [0.15, 0.2) is 0 Å². The summed E-state index contributed by atoms with van der Waals surface area (Å²) in [6, 6.07) is 0. The molecule has 0 aromatic carbocycles. The Bertz CT molecular complexity index is 106. The summed E-state index contributed by atoms with van der Waals surface area (Å²) in [5.74, 6) is 0. The quantitative estimate of drug-likeness (QED) is 0.609. The lowest BCUT2D eigenvalue weighted by Gasteiger charge is -2.25. The molecule has 1 nitrogen and oxygen atoms in total. The third-order valence-corrected chi connectivity index (χ3v) is 2.31. The van der Waals surface area contributed by atoms with Gasteiger partial charge in [-0.05, 0) is 25.2 Å². The van der Waals surface area contributed by atoms with E-state index in [2.05, 4.69) is 20.8 Å². The molecule has 0 heterocycles. The van der Waals surface area contributed by atoms with Gasteiger partial charge in [0.25, 0.3) is 0 Å². The van der Waals surface area contributed by atoms with Gasteiger partial charge in [-0.3, -0.25) is 0 Å². The van der Waals surface area contributed by atoms with Crippen LogP contribution in [-0.2, 0) is 0 Å². The van der Waals surface area contributed by atoms with Gasteiger partial charge >= 0.3 is 0 Å². The molecule has 0 aromatic heterocycles. The van der Waals surface area contributed by atoms with Crippen LogP contribution in [0.2, 0.25) is 0 Å². The van der Waals surface area contributed by atoms with Crippen LogP contribution < -0.4 is 0 Å². The topological polar surface area (TPSA) is 20.2 Å². The van der Waals surface area contributed by atoms with Crippen molar-refractivity contribution >= 4 is 0 Å². The Balaban J connectivity index is 3.56. The van der Waals surface area contributed by atoms with Crippen molar-refractivity contribution in [3.05, 3.63) is 0 Å². The maximum Gasteiger partial charge on any atom is 0.0517 e. The van der Waals surface area contributed by atoms with Crippen LogP contribution in [0, 0.1) is 5.41 Å². The second-order valence-electron chi connectivity index (χ2n) is 4.67. The fourth-order valence-corrected chi connectivity index (χ4v) is 1.76. The van der Waals surface area contributed by atoms with E-state index in [0.717, 1.165) is 6.42 Å². The van der Waals surface area contributed by atoms with Crippen molar-refractivity contribution in [1.82, 2.24) is 0 Å². The van der Waals surface area contributed by atoms with Crippen molar-refractivity contribution in [3.63, 3.8) is 0 Å². The first-order chi connectivity index (χ1) is 5.48. The van der Waals surface area contributed by atoms with Gasteiger partial charge in [0.2, 0.25) is 0 Å². The second kappa shape index (κ2) is 5.58. The molecule has 0 radical (unpaired) electrons. The fraction of sp³-hybridized carbons (Fsp3) is 1.00. The van der Waals surface area contributed by atoms with E-state index < -0.39 is 0 Å². The molecular weight excluding hydrogens is 148 g/mol. The molecule has 0 fully saturated rings. The maximum absolute atomic E-state index is 9.24. The summed E-state index contributed by atoms with van der Waals surface area (Å²) in [6.45, 7) is 8.59. The Morgan fingerprint density at radius 2 is 1.83 bits per heavy atom. The first-order valence-electron chi connectivity index (χ1n) is 5.16. The summed E-state index contributed by atoms with van der Waals surface area (Å²) in [6.07, 6.45) is 5.92. The normalized spacial score (nSPS) is 14.8. The highest BCUT2D eigenvalue weighted by Gasteiger charge is 2.19. The maximum atomic E-state index is 9.24. The minimum absolute atomic E-state index is 0.151. The van der Waals surface area contributed by atoms with Gasteiger partial charge in [0.15, 0.2) is 0 Å². The number of aliphatic hydroxyl groups is 1. The lowest BCUT2D eigenvalue weighted by atomic mass is 9.82. The minimum atomic E-state index is -0.151. The first-order valence-corrected chi connectivity index (χ1v) is 5.16. The van der Waals surface area contributed by atoms with E-state index in [9.17, 15) is 5.11 Å². The zero-order chi connectivity index (χ0) is 9.61. The van der Waals surface area contributed by atoms with Gasteiger partial charge < -0.3 is 5.11 Å². The van der Waals surface area contributed by atoms with Gasteiger partial charge in [-0.1, -0.05) is 40.0 Å². The molecule has 1 atom stereocenters. The van der Waals surface area contributed by atoms with Crippen molar-refractivity contribution in [2.45, 2.75) is 65.9 Å². The molecule has 74 valence electrons. The Kier molecular flexibility index (Phi) is 5.56. The highest BCUT2D eigenvalue weighted by molar-refractivity contribution is 4.70. The summed E-state index contributed by atoms with van der Waals surface area (Å²) in [7, 11) is 0. The van der Waals surface area contributed by atoms with E-state index in [0.29, 0.717) is 5.41 Å². The molecule has 0 aliphatic heterocycles. The van der Waals surface area contributed by atoms with Crippen LogP contribution in [-0.4, -0.2) is 11.2 Å². The monoisotopic (exact) mass is 172 g/mol. The number of hydrogen-bond donors (Lipinski definition) is 1. The van der Waals surface area contributed by atoms with Crippen molar-refractivity contribution in [2.24, 2.45) is 5.41 Å². The van der Waals surface area contributed by atoms with Crippen molar-refractivity contribution < 1.29 is 5.11 Å². The smallest absolute Gasteiger partial charge is 0.0517 e. The van der Waals surface area contributed by atoms with Crippen LogP contribution in [0.25, 0.3) is 0 Å². The zero-order valence-corrected chi connectivity index (χ0v) is 9.06. The Morgan fingerprint density at radius 3 is 2.25 bits per heavy atom. The van der Waals surface area contributed by atoms with Crippen LogP contribution in [0.3, 0.4) is 0 Å². The average Bonchev–Trinajstić information content (AvgIpc) is 1.84. The summed E-state index contributed by atoms with van der Waals surface area (Å²) < 4.78 is 0. The standard InChI is InChI=1S/C11H24O/c1-5-6-7-8-11(3,4)9-10(2)12/h10,12H,5-9H2,1-4H3. The highest BCUT2D eigenvalue weighted by atomic mass is 16.3. The van der Waals surface area contributed by atoms with Crippen molar-refractivity contribution in [3.8, 4) is 0 Å². The molecule has 0 aliphatic rings. The summed E-state index contributed by atoms with van der Waals surface area (Å²) in [5, 5.41) is 9.24. The highest BCUT2D eigenvalue weighted by Crippen LogP contribution is 2.28. The Hall–Kier alpha value is -0.0400. The number of unbranched alkanes of at least 4 members (excludes halogenated alkanes) is 2. The lowest BCUT2D eigenvalue weighted by Crippen LogP contribution is -2.18. The van der Waals surface area contributed by atoms with E-state index in [1.54, 1.807) is 0 Å². The van der Waals surface area contributed by atoms with Gasteiger partial charge in [-0.25, -0.2) is 0 Å². The fourth-order valence-electron chi connectivity index (χ4n) is 1.76. The average molecular weight is 172 g/mol. The van der Waals surface area contributed by atoms with E-state index in [4.69, 9.17) is 0 Å². The number of rotatable bonds is 6. The first kappa shape index (κ1) is 12.0. The van der Waals surface area contributed by atoms with Gasteiger partial charge in [0, 0.05) is 0 Å². The van der Waals surface area contributed by atoms with Gasteiger partial charge in [-0.2, -0.15) is 0 Å². The Morgan fingerprint density at radius 1 is 1.25 bits per heavy atom. The van der Waals surface area contributed by atoms with Crippen molar-refractivity contribution in [1.29, 1.82) is 0 Å². The molecule has 0 bridgehead atoms. The third-order valence-electron chi connectivity index (χ3n) is 2.31. The van der Waals surface area contributed by atoms with Crippen molar-refractivity contribution in [2.75, 3.05) is 0 Å². The molecule has 0 saturated heterocycles. The molecular formula is C11H24O. The number of hydrogen-bond acceptors (Lipinski definition) is 1. The summed E-state index contributed by atoms with van der Waals surface area (Å²) >= 11 is 0. The predicted molar refractivity (Wildman–Crippen MR) is 54.2 cm³/mol. The summed E-state index contributed by atoms with van der Waals surface area (Å²) in [4.78, 5) is 0. The minimum Gasteiger partial charge on any atom is -0.393 e. The van der Waals surface area contributed by atoms with E-state index in [1.807, 2.05) is 6.92 Å². The molecule has 0 amide bonds. The third kappa shape index (κ3) is 6.66.